The Kier molecular flexibility index (Phi) is 4.36. The van der Waals surface area contributed by atoms with E-state index >= 15 is 0 Å². The van der Waals surface area contributed by atoms with Gasteiger partial charge in [0.25, 0.3) is 0 Å². The number of amides is 2. The Bertz CT molecular complexity index is 926. The second-order valence-corrected chi connectivity index (χ2v) is 7.46. The monoisotopic (exact) mass is 413 g/mol. The Balaban J connectivity index is 1.46. The molecule has 2 aliphatic rings. The van der Waals surface area contributed by atoms with Crippen molar-refractivity contribution >= 4 is 44.5 Å². The van der Waals surface area contributed by atoms with Gasteiger partial charge < -0.3 is 4.74 Å². The number of hydrogen-bond acceptors (Lipinski definition) is 4. The van der Waals surface area contributed by atoms with Crippen molar-refractivity contribution in [2.45, 2.75) is 12.8 Å². The minimum atomic E-state index is -0.616. The number of allylic oxidation sites excluding steroid dienone is 2. The van der Waals surface area contributed by atoms with E-state index in [-0.39, 0.29) is 30.2 Å². The molecule has 1 heterocycles. The fourth-order valence-corrected chi connectivity index (χ4v) is 3.95. The van der Waals surface area contributed by atoms with Gasteiger partial charge in [-0.2, -0.15) is 0 Å². The van der Waals surface area contributed by atoms with E-state index in [1.165, 1.54) is 0 Å². The van der Waals surface area contributed by atoms with Crippen LogP contribution >= 0.6 is 15.9 Å². The number of imide groups is 1. The smallest absolute Gasteiger partial charge is 0.331 e. The van der Waals surface area contributed by atoms with Crippen molar-refractivity contribution in [1.29, 1.82) is 0 Å². The van der Waals surface area contributed by atoms with Crippen molar-refractivity contribution in [3.8, 4) is 5.75 Å². The van der Waals surface area contributed by atoms with Gasteiger partial charge in [0.05, 0.1) is 11.8 Å². The van der Waals surface area contributed by atoms with E-state index in [1.807, 2.05) is 36.4 Å². The van der Waals surface area contributed by atoms with Crippen molar-refractivity contribution in [3.05, 3.63) is 53.0 Å². The van der Waals surface area contributed by atoms with E-state index in [0.29, 0.717) is 18.6 Å². The van der Waals surface area contributed by atoms with Gasteiger partial charge in [-0.05, 0) is 47.9 Å². The number of nitrogens with zero attached hydrogens (tertiary/aromatic N) is 1. The Morgan fingerprint density at radius 2 is 1.62 bits per heavy atom. The lowest BCUT2D eigenvalue weighted by atomic mass is 9.85. The number of halogens is 1. The summed E-state index contributed by atoms with van der Waals surface area (Å²) in [6, 6.07) is 11.1. The SMILES string of the molecule is O=C(CN1C(=O)C2CC=CCC2C1=O)Oc1ccc2cc(Br)ccc2c1. The fraction of sp³-hybridized carbons (Fsp3) is 0.250. The molecule has 0 saturated carbocycles. The van der Waals surface area contributed by atoms with Crippen LogP contribution in [0.25, 0.3) is 10.8 Å². The standard InChI is InChI=1S/C20H16BrNO4/c21-14-7-5-13-10-15(8-6-12(13)9-14)26-18(23)11-22-19(24)16-3-1-2-4-17(16)20(22)25/h1-2,5-10,16-17H,3-4,11H2. The first-order chi connectivity index (χ1) is 12.5. The zero-order valence-corrected chi connectivity index (χ0v) is 15.4. The van der Waals surface area contributed by atoms with E-state index in [0.717, 1.165) is 20.1 Å². The molecule has 0 radical (unpaired) electrons. The van der Waals surface area contributed by atoms with Crippen molar-refractivity contribution in [2.24, 2.45) is 11.8 Å². The van der Waals surface area contributed by atoms with Gasteiger partial charge in [0.2, 0.25) is 11.8 Å². The quantitative estimate of drug-likeness (QED) is 0.334. The fourth-order valence-electron chi connectivity index (χ4n) is 3.58. The Morgan fingerprint density at radius 3 is 2.31 bits per heavy atom. The predicted octanol–water partition coefficient (Wildman–Crippen LogP) is 3.46. The molecule has 0 N–H and O–H groups in total. The van der Waals surface area contributed by atoms with Crippen LogP contribution in [-0.2, 0) is 14.4 Å². The summed E-state index contributed by atoms with van der Waals surface area (Å²) in [7, 11) is 0. The van der Waals surface area contributed by atoms with Gasteiger partial charge in [0, 0.05) is 4.47 Å². The number of fused-ring (bicyclic) bond motifs is 2. The van der Waals surface area contributed by atoms with E-state index in [1.54, 1.807) is 12.1 Å². The number of ether oxygens (including phenoxy) is 1. The van der Waals surface area contributed by atoms with E-state index in [9.17, 15) is 14.4 Å². The highest BCUT2D eigenvalue weighted by Crippen LogP contribution is 2.35. The first-order valence-corrected chi connectivity index (χ1v) is 9.22. The van der Waals surface area contributed by atoms with Crippen LogP contribution < -0.4 is 4.74 Å². The summed E-state index contributed by atoms with van der Waals surface area (Å²) in [5.74, 6) is -1.44. The van der Waals surface area contributed by atoms with E-state index < -0.39 is 5.97 Å². The molecule has 2 aromatic carbocycles. The van der Waals surface area contributed by atoms with Gasteiger partial charge in [-0.15, -0.1) is 0 Å². The average Bonchev–Trinajstić information content (AvgIpc) is 2.87. The third-order valence-electron chi connectivity index (χ3n) is 4.89. The predicted molar refractivity (Wildman–Crippen MR) is 99.4 cm³/mol. The first kappa shape index (κ1) is 17.0. The van der Waals surface area contributed by atoms with Gasteiger partial charge in [0.1, 0.15) is 12.3 Å². The Morgan fingerprint density at radius 1 is 1.00 bits per heavy atom. The zero-order chi connectivity index (χ0) is 18.3. The molecule has 0 spiro atoms. The number of hydrogen-bond donors (Lipinski definition) is 0. The van der Waals surface area contributed by atoms with Gasteiger partial charge in [-0.25, -0.2) is 4.79 Å². The van der Waals surface area contributed by atoms with Crippen LogP contribution in [0.15, 0.2) is 53.0 Å². The van der Waals surface area contributed by atoms with Gasteiger partial charge in [-0.3, -0.25) is 14.5 Å². The summed E-state index contributed by atoms with van der Waals surface area (Å²) in [6.45, 7) is -0.344. The lowest BCUT2D eigenvalue weighted by molar-refractivity contribution is -0.148. The van der Waals surface area contributed by atoms with Gasteiger partial charge in [0.15, 0.2) is 0 Å². The number of carbonyl (C=O) groups is 3. The van der Waals surface area contributed by atoms with Crippen LogP contribution in [0.5, 0.6) is 5.75 Å². The molecule has 1 fully saturated rings. The summed E-state index contributed by atoms with van der Waals surface area (Å²) in [6.07, 6.45) is 4.95. The second kappa shape index (κ2) is 6.68. The van der Waals surface area contributed by atoms with Crippen molar-refractivity contribution in [3.63, 3.8) is 0 Å². The highest BCUT2D eigenvalue weighted by atomic mass is 79.9. The molecule has 2 unspecified atom stereocenters. The Labute approximate surface area is 158 Å². The lowest BCUT2D eigenvalue weighted by Gasteiger charge is -2.14. The van der Waals surface area contributed by atoms with Crippen LogP contribution in [-0.4, -0.2) is 29.2 Å². The first-order valence-electron chi connectivity index (χ1n) is 8.43. The zero-order valence-electron chi connectivity index (χ0n) is 13.9. The Hall–Kier alpha value is -2.47. The number of esters is 1. The molecule has 132 valence electrons. The molecule has 5 nitrogen and oxygen atoms in total. The molecule has 2 amide bonds. The maximum absolute atomic E-state index is 12.4. The number of benzene rings is 2. The van der Waals surface area contributed by atoms with E-state index in [4.69, 9.17) is 4.74 Å². The highest BCUT2D eigenvalue weighted by molar-refractivity contribution is 9.10. The van der Waals surface area contributed by atoms with Gasteiger partial charge in [-0.1, -0.05) is 40.2 Å². The molecular formula is C20H16BrNO4. The molecular weight excluding hydrogens is 398 g/mol. The maximum Gasteiger partial charge on any atom is 0.331 e. The van der Waals surface area contributed by atoms with Crippen molar-refractivity contribution in [1.82, 2.24) is 4.90 Å². The second-order valence-electron chi connectivity index (χ2n) is 6.55. The average molecular weight is 414 g/mol. The molecule has 1 aliphatic carbocycles. The van der Waals surface area contributed by atoms with Gasteiger partial charge >= 0.3 is 5.97 Å². The molecule has 1 saturated heterocycles. The molecule has 0 bridgehead atoms. The summed E-state index contributed by atoms with van der Waals surface area (Å²) in [5, 5.41) is 1.95. The molecule has 2 atom stereocenters. The summed E-state index contributed by atoms with van der Waals surface area (Å²) in [5.41, 5.74) is 0. The molecule has 2 aromatic rings. The molecule has 1 aliphatic heterocycles. The maximum atomic E-state index is 12.4. The molecule has 26 heavy (non-hydrogen) atoms. The van der Waals surface area contributed by atoms with Crippen molar-refractivity contribution < 1.29 is 19.1 Å². The van der Waals surface area contributed by atoms with Crippen LogP contribution in [0.2, 0.25) is 0 Å². The summed E-state index contributed by atoms with van der Waals surface area (Å²) in [4.78, 5) is 38.1. The number of carbonyl (C=O) groups excluding carboxylic acids is 3. The highest BCUT2D eigenvalue weighted by Gasteiger charge is 2.47. The van der Waals surface area contributed by atoms with Crippen LogP contribution in [0, 0.1) is 11.8 Å². The van der Waals surface area contributed by atoms with Crippen LogP contribution in [0.4, 0.5) is 0 Å². The third-order valence-corrected chi connectivity index (χ3v) is 5.38. The third kappa shape index (κ3) is 3.05. The number of likely N-dealkylation sites (tertiary alicyclic amines) is 1. The number of rotatable bonds is 3. The van der Waals surface area contributed by atoms with Crippen LogP contribution in [0.1, 0.15) is 12.8 Å². The van der Waals surface area contributed by atoms with Crippen LogP contribution in [0.3, 0.4) is 0 Å². The van der Waals surface area contributed by atoms with Crippen molar-refractivity contribution in [2.75, 3.05) is 6.54 Å². The summed E-state index contributed by atoms with van der Waals surface area (Å²) < 4.78 is 6.32. The largest absolute Gasteiger partial charge is 0.425 e. The minimum absolute atomic E-state index is 0.273. The summed E-state index contributed by atoms with van der Waals surface area (Å²) >= 11 is 3.42. The molecule has 0 aromatic heterocycles. The topological polar surface area (TPSA) is 63.7 Å². The minimum Gasteiger partial charge on any atom is -0.425 e. The molecule has 4 rings (SSSR count). The lowest BCUT2D eigenvalue weighted by Crippen LogP contribution is -2.37. The normalized spacial score (nSPS) is 22.0. The van der Waals surface area contributed by atoms with E-state index in [2.05, 4.69) is 15.9 Å². The molecule has 6 heteroatoms.